The van der Waals surface area contributed by atoms with Crippen LogP contribution in [0.5, 0.6) is 0 Å². The van der Waals surface area contributed by atoms with Crippen LogP contribution in [0.15, 0.2) is 47.2 Å². The number of hydrogen-bond acceptors (Lipinski definition) is 2. The van der Waals surface area contributed by atoms with E-state index in [2.05, 4.69) is 49.6 Å². The van der Waals surface area contributed by atoms with Gasteiger partial charge in [0.2, 0.25) is 0 Å². The Morgan fingerprint density at radius 3 is 2.88 bits per heavy atom. The molecule has 0 amide bonds. The highest BCUT2D eigenvalue weighted by atomic mass is 127. The third-order valence-electron chi connectivity index (χ3n) is 7.06. The van der Waals surface area contributed by atoms with Crippen LogP contribution in [-0.2, 0) is 10.2 Å². The normalized spacial score (nSPS) is 39.8. The highest BCUT2D eigenvalue weighted by molar-refractivity contribution is 5.84. The van der Waals surface area contributed by atoms with Crippen LogP contribution in [0.2, 0.25) is 0 Å². The molecular formula is C20H23IN2O. The van der Waals surface area contributed by atoms with Gasteiger partial charge in [-0.25, -0.2) is 0 Å². The lowest BCUT2D eigenvalue weighted by Gasteiger charge is -2.51. The van der Waals surface area contributed by atoms with Gasteiger partial charge in [-0.2, -0.15) is 0 Å². The lowest BCUT2D eigenvalue weighted by Crippen LogP contribution is -3.00. The topological polar surface area (TPSA) is 29.1 Å². The molecule has 1 spiro atoms. The van der Waals surface area contributed by atoms with E-state index in [0.29, 0.717) is 12.0 Å². The van der Waals surface area contributed by atoms with Crippen molar-refractivity contribution in [3.8, 4) is 0 Å². The number of halogens is 1. The monoisotopic (exact) mass is 434 g/mol. The zero-order chi connectivity index (χ0) is 15.8. The molecule has 4 aliphatic rings. The molecule has 1 unspecified atom stereocenters. The molecule has 3 heterocycles. The Hall–Kier alpha value is -1.14. The molecule has 1 aromatic rings. The fourth-order valence-corrected chi connectivity index (χ4v) is 6.07. The summed E-state index contributed by atoms with van der Waals surface area (Å²) in [4.78, 5) is 12.0. The number of allylic oxidation sites excluding steroid dienone is 2. The Labute approximate surface area is 160 Å². The number of anilines is 1. The highest BCUT2D eigenvalue weighted by Gasteiger charge is 2.67. The number of rotatable bonds is 1. The average Bonchev–Trinajstić information content (AvgIpc) is 3.08. The molecule has 1 N–H and O–H groups in total. The number of piperidine rings is 1. The first kappa shape index (κ1) is 16.3. The smallest absolute Gasteiger partial charge is 0.148 e. The van der Waals surface area contributed by atoms with Gasteiger partial charge in [0.1, 0.15) is 18.9 Å². The van der Waals surface area contributed by atoms with Gasteiger partial charge in [0.25, 0.3) is 0 Å². The Morgan fingerprint density at radius 1 is 1.33 bits per heavy atom. The predicted molar refractivity (Wildman–Crippen MR) is 91.0 cm³/mol. The summed E-state index contributed by atoms with van der Waals surface area (Å²) in [7, 11) is 2.42. The van der Waals surface area contributed by atoms with E-state index in [4.69, 9.17) is 0 Å². The quantitative estimate of drug-likeness (QED) is 0.292. The fraction of sp³-hybridized carbons (Fsp3) is 0.450. The molecule has 0 radical (unpaired) electrons. The van der Waals surface area contributed by atoms with Crippen molar-refractivity contribution in [1.29, 1.82) is 0 Å². The predicted octanol–water partition coefficient (Wildman–Crippen LogP) is 0.00560. The Kier molecular flexibility index (Phi) is 3.52. The Bertz CT molecular complexity index is 799. The summed E-state index contributed by atoms with van der Waals surface area (Å²) in [5.74, 6) is 0.316. The number of para-hydroxylation sites is 1. The molecule has 0 aromatic heterocycles. The first-order valence-corrected chi connectivity index (χ1v) is 8.70. The molecule has 126 valence electrons. The maximum Gasteiger partial charge on any atom is 0.148 e. The van der Waals surface area contributed by atoms with Gasteiger partial charge in [-0.3, -0.25) is 4.79 Å². The van der Waals surface area contributed by atoms with Crippen molar-refractivity contribution < 1.29 is 33.3 Å². The molecule has 2 fully saturated rings. The molecule has 3 aliphatic heterocycles. The number of hydrogen-bond donors (Lipinski definition) is 1. The largest absolute Gasteiger partial charge is 1.00 e. The van der Waals surface area contributed by atoms with E-state index in [-0.39, 0.29) is 29.4 Å². The zero-order valence-corrected chi connectivity index (χ0v) is 16.3. The van der Waals surface area contributed by atoms with Crippen LogP contribution in [0.25, 0.3) is 0 Å². The summed E-state index contributed by atoms with van der Waals surface area (Å²) in [5, 5.41) is 3.66. The van der Waals surface area contributed by atoms with Crippen molar-refractivity contribution >= 4 is 12.0 Å². The van der Waals surface area contributed by atoms with Gasteiger partial charge in [0.15, 0.2) is 0 Å². The van der Waals surface area contributed by atoms with Crippen molar-refractivity contribution in [3.63, 3.8) is 0 Å². The van der Waals surface area contributed by atoms with E-state index >= 15 is 0 Å². The third kappa shape index (κ3) is 1.69. The van der Waals surface area contributed by atoms with Gasteiger partial charge in [0, 0.05) is 35.7 Å². The minimum atomic E-state index is 0. The third-order valence-corrected chi connectivity index (χ3v) is 7.06. The van der Waals surface area contributed by atoms with Crippen molar-refractivity contribution in [2.24, 2.45) is 5.92 Å². The molecule has 3 nitrogen and oxygen atoms in total. The highest BCUT2D eigenvalue weighted by Crippen LogP contribution is 2.62. The van der Waals surface area contributed by atoms with Gasteiger partial charge < -0.3 is 33.8 Å². The summed E-state index contributed by atoms with van der Waals surface area (Å²) >= 11 is 0. The van der Waals surface area contributed by atoms with Crippen molar-refractivity contribution in [2.75, 3.05) is 25.5 Å². The van der Waals surface area contributed by atoms with E-state index in [9.17, 15) is 4.79 Å². The summed E-state index contributed by atoms with van der Waals surface area (Å²) < 4.78 is 1.13. The number of aldehydes is 1. The molecule has 1 aliphatic carbocycles. The first-order chi connectivity index (χ1) is 11.1. The van der Waals surface area contributed by atoms with E-state index in [1.54, 1.807) is 0 Å². The number of quaternary nitrogens is 1. The first-order valence-electron chi connectivity index (χ1n) is 8.70. The number of likely N-dealkylation sites (N-methyl/N-ethyl adjacent to an activating group) is 1. The van der Waals surface area contributed by atoms with E-state index in [0.717, 1.165) is 35.7 Å². The van der Waals surface area contributed by atoms with Crippen LogP contribution in [-0.4, -0.2) is 36.9 Å². The number of nitrogens with zero attached hydrogens (tertiary/aromatic N) is 1. The van der Waals surface area contributed by atoms with Crippen LogP contribution in [0, 0.1) is 5.92 Å². The van der Waals surface area contributed by atoms with E-state index in [1.807, 2.05) is 0 Å². The molecular weight excluding hydrogens is 411 g/mol. The molecule has 24 heavy (non-hydrogen) atoms. The molecule has 4 heteroatoms. The second kappa shape index (κ2) is 5.18. The molecule has 2 saturated heterocycles. The van der Waals surface area contributed by atoms with E-state index < -0.39 is 0 Å². The SMILES string of the molecule is C/C=C1/C[N+]2(C)CC[C@]34C(=C(C=O)[C@H]1C[C@@H]32)Nc1ccccc14.[I-]. The van der Waals surface area contributed by atoms with Gasteiger partial charge in [-0.1, -0.05) is 24.3 Å². The Morgan fingerprint density at radius 2 is 2.12 bits per heavy atom. The zero-order valence-electron chi connectivity index (χ0n) is 14.2. The van der Waals surface area contributed by atoms with Crippen molar-refractivity contribution in [3.05, 3.63) is 52.7 Å². The van der Waals surface area contributed by atoms with E-state index in [1.165, 1.54) is 29.1 Å². The van der Waals surface area contributed by atoms with Crippen molar-refractivity contribution in [2.45, 2.75) is 31.2 Å². The summed E-state index contributed by atoms with van der Waals surface area (Å²) in [6, 6.07) is 9.27. The Balaban J connectivity index is 0.00000146. The van der Waals surface area contributed by atoms with Gasteiger partial charge >= 0.3 is 0 Å². The van der Waals surface area contributed by atoms with Crippen LogP contribution in [0.4, 0.5) is 5.69 Å². The van der Waals surface area contributed by atoms with Crippen LogP contribution >= 0.6 is 0 Å². The second-order valence-corrected chi connectivity index (χ2v) is 7.87. The number of benzene rings is 1. The van der Waals surface area contributed by atoms with Crippen LogP contribution in [0.1, 0.15) is 25.3 Å². The number of nitrogens with one attached hydrogen (secondary N) is 1. The number of carbonyl (C=O) groups is 1. The fourth-order valence-electron chi connectivity index (χ4n) is 6.07. The minimum absolute atomic E-state index is 0. The van der Waals surface area contributed by atoms with Crippen LogP contribution < -0.4 is 29.3 Å². The molecule has 4 atom stereocenters. The molecule has 2 bridgehead atoms. The molecule has 1 aromatic carbocycles. The van der Waals surface area contributed by atoms with Crippen molar-refractivity contribution in [1.82, 2.24) is 0 Å². The second-order valence-electron chi connectivity index (χ2n) is 7.87. The van der Waals surface area contributed by atoms with Gasteiger partial charge in [0.05, 0.1) is 19.0 Å². The minimum Gasteiger partial charge on any atom is -1.00 e. The molecule has 0 saturated carbocycles. The summed E-state index contributed by atoms with van der Waals surface area (Å²) in [5.41, 5.74) is 6.35. The summed E-state index contributed by atoms with van der Waals surface area (Å²) in [6.45, 7) is 4.42. The summed E-state index contributed by atoms with van der Waals surface area (Å²) in [6.07, 6.45) is 5.65. The lowest BCUT2D eigenvalue weighted by atomic mass is 9.61. The number of fused-ring (bicyclic) bond motifs is 2. The van der Waals surface area contributed by atoms with Crippen LogP contribution in [0.3, 0.4) is 0 Å². The maximum absolute atomic E-state index is 12.0. The molecule has 5 rings (SSSR count). The average molecular weight is 434 g/mol. The number of carbonyl (C=O) groups excluding carboxylic acids is 1. The lowest BCUT2D eigenvalue weighted by molar-refractivity contribution is -0.923. The maximum atomic E-state index is 12.0. The standard InChI is InChI=1S/C20H22N2O.HI/c1-3-13-11-22(2)9-8-20-16-6-4-5-7-17(16)21-19(20)15(12-23)14(13)10-18(20)22;/h3-7,12,14,18H,8-11H2,1-2H3;1H/b13-3-;/t14-,18-,20+,22?;/m0./s1. The van der Waals surface area contributed by atoms with Gasteiger partial charge in [-0.05, 0) is 24.1 Å². The van der Waals surface area contributed by atoms with Gasteiger partial charge in [-0.15, -0.1) is 0 Å².